The second-order valence-corrected chi connectivity index (χ2v) is 6.62. The quantitative estimate of drug-likeness (QED) is 0.707. The topological polar surface area (TPSA) is 12.0 Å². The maximum atomic E-state index is 3.80. The van der Waals surface area contributed by atoms with Crippen molar-refractivity contribution >= 4 is 0 Å². The molecular formula is C19H31N. The summed E-state index contributed by atoms with van der Waals surface area (Å²) in [7, 11) is 0. The van der Waals surface area contributed by atoms with E-state index in [0.717, 1.165) is 11.8 Å². The number of hydrogen-bond acceptors (Lipinski definition) is 1. The second kappa shape index (κ2) is 8.46. The molecule has 1 aliphatic rings. The molecular weight excluding hydrogens is 242 g/mol. The molecule has 1 saturated carbocycles. The molecule has 1 atom stereocenters. The number of hydrogen-bond donors (Lipinski definition) is 1. The fraction of sp³-hybridized carbons (Fsp3) is 0.684. The molecule has 112 valence electrons. The van der Waals surface area contributed by atoms with Gasteiger partial charge >= 0.3 is 0 Å². The third kappa shape index (κ3) is 4.94. The van der Waals surface area contributed by atoms with Crippen molar-refractivity contribution in [3.05, 3.63) is 35.9 Å². The van der Waals surface area contributed by atoms with Crippen molar-refractivity contribution in [3.8, 4) is 0 Å². The molecule has 1 aromatic carbocycles. The zero-order chi connectivity index (χ0) is 14.2. The molecule has 1 heteroatoms. The molecule has 0 aromatic heterocycles. The third-order valence-electron chi connectivity index (χ3n) is 4.86. The summed E-state index contributed by atoms with van der Waals surface area (Å²) in [6.45, 7) is 5.86. The lowest BCUT2D eigenvalue weighted by molar-refractivity contribution is 0.271. The summed E-state index contributed by atoms with van der Waals surface area (Å²) in [6.07, 6.45) is 9.64. The average Bonchev–Trinajstić information content (AvgIpc) is 2.49. The van der Waals surface area contributed by atoms with Crippen LogP contribution in [0.3, 0.4) is 0 Å². The van der Waals surface area contributed by atoms with Crippen LogP contribution < -0.4 is 5.32 Å². The van der Waals surface area contributed by atoms with Crippen LogP contribution in [0.1, 0.15) is 70.4 Å². The van der Waals surface area contributed by atoms with Crippen LogP contribution in [-0.4, -0.2) is 6.54 Å². The molecule has 2 rings (SSSR count). The minimum absolute atomic E-state index is 0.545. The van der Waals surface area contributed by atoms with Crippen molar-refractivity contribution in [3.63, 3.8) is 0 Å². The van der Waals surface area contributed by atoms with E-state index in [4.69, 9.17) is 0 Å². The lowest BCUT2D eigenvalue weighted by Gasteiger charge is -2.27. The standard InChI is InChI=1S/C19H31N/c1-3-7-19(18-8-5-4-6-9-18)20-15-14-17-12-10-16(2)11-13-17/h4-6,8-9,16-17,19-20H,3,7,10-15H2,1-2H3. The van der Waals surface area contributed by atoms with Crippen molar-refractivity contribution in [1.82, 2.24) is 5.32 Å². The van der Waals surface area contributed by atoms with Gasteiger partial charge in [-0.05, 0) is 36.8 Å². The van der Waals surface area contributed by atoms with Crippen molar-refractivity contribution in [2.45, 2.75) is 64.8 Å². The van der Waals surface area contributed by atoms with Gasteiger partial charge in [0.25, 0.3) is 0 Å². The molecule has 0 saturated heterocycles. The van der Waals surface area contributed by atoms with E-state index in [9.17, 15) is 0 Å². The molecule has 0 amide bonds. The largest absolute Gasteiger partial charge is 0.310 e. The van der Waals surface area contributed by atoms with Gasteiger partial charge in [0.2, 0.25) is 0 Å². The summed E-state index contributed by atoms with van der Waals surface area (Å²) in [4.78, 5) is 0. The highest BCUT2D eigenvalue weighted by molar-refractivity contribution is 5.18. The smallest absolute Gasteiger partial charge is 0.0320 e. The highest BCUT2D eigenvalue weighted by Crippen LogP contribution is 2.30. The molecule has 20 heavy (non-hydrogen) atoms. The highest BCUT2D eigenvalue weighted by Gasteiger charge is 2.18. The first-order valence-electron chi connectivity index (χ1n) is 8.58. The summed E-state index contributed by atoms with van der Waals surface area (Å²) in [6, 6.07) is 11.5. The van der Waals surface area contributed by atoms with E-state index in [0.29, 0.717) is 6.04 Å². The summed E-state index contributed by atoms with van der Waals surface area (Å²) in [5.74, 6) is 1.94. The second-order valence-electron chi connectivity index (χ2n) is 6.62. The van der Waals surface area contributed by atoms with Crippen molar-refractivity contribution in [2.75, 3.05) is 6.54 Å². The molecule has 1 aromatic rings. The molecule has 0 heterocycles. The molecule has 0 bridgehead atoms. The highest BCUT2D eigenvalue weighted by atomic mass is 14.9. The maximum Gasteiger partial charge on any atom is 0.0320 e. The first-order chi connectivity index (χ1) is 9.79. The van der Waals surface area contributed by atoms with Crippen LogP contribution in [-0.2, 0) is 0 Å². The van der Waals surface area contributed by atoms with Gasteiger partial charge in [-0.2, -0.15) is 0 Å². The van der Waals surface area contributed by atoms with Crippen molar-refractivity contribution in [1.29, 1.82) is 0 Å². The van der Waals surface area contributed by atoms with Gasteiger partial charge in [0.15, 0.2) is 0 Å². The first-order valence-corrected chi connectivity index (χ1v) is 8.58. The van der Waals surface area contributed by atoms with E-state index < -0.39 is 0 Å². The Hall–Kier alpha value is -0.820. The van der Waals surface area contributed by atoms with Crippen LogP contribution >= 0.6 is 0 Å². The summed E-state index contributed by atoms with van der Waals surface area (Å²) in [5.41, 5.74) is 1.45. The summed E-state index contributed by atoms with van der Waals surface area (Å²) >= 11 is 0. The fourth-order valence-corrected chi connectivity index (χ4v) is 3.44. The van der Waals surface area contributed by atoms with Gasteiger partial charge in [-0.3, -0.25) is 0 Å². The van der Waals surface area contributed by atoms with Crippen molar-refractivity contribution in [2.24, 2.45) is 11.8 Å². The Morgan fingerprint density at radius 3 is 2.45 bits per heavy atom. The Balaban J connectivity index is 1.75. The number of rotatable bonds is 7. The Bertz CT molecular complexity index is 351. The van der Waals surface area contributed by atoms with E-state index >= 15 is 0 Å². The minimum atomic E-state index is 0.545. The third-order valence-corrected chi connectivity index (χ3v) is 4.86. The number of benzene rings is 1. The monoisotopic (exact) mass is 273 g/mol. The Kier molecular flexibility index (Phi) is 6.59. The van der Waals surface area contributed by atoms with Gasteiger partial charge in [0, 0.05) is 6.04 Å². The van der Waals surface area contributed by atoms with Gasteiger partial charge in [-0.1, -0.05) is 76.3 Å². The van der Waals surface area contributed by atoms with Crippen LogP contribution in [0, 0.1) is 11.8 Å². The molecule has 1 fully saturated rings. The molecule has 0 radical (unpaired) electrons. The molecule has 1 N–H and O–H groups in total. The number of nitrogens with one attached hydrogen (secondary N) is 1. The van der Waals surface area contributed by atoms with Crippen molar-refractivity contribution < 1.29 is 0 Å². The van der Waals surface area contributed by atoms with Gasteiger partial charge in [-0.15, -0.1) is 0 Å². The van der Waals surface area contributed by atoms with E-state index in [1.54, 1.807) is 0 Å². The van der Waals surface area contributed by atoms with E-state index in [-0.39, 0.29) is 0 Å². The van der Waals surface area contributed by atoms with Gasteiger partial charge in [0.05, 0.1) is 0 Å². The summed E-state index contributed by atoms with van der Waals surface area (Å²) < 4.78 is 0. The molecule has 1 unspecified atom stereocenters. The molecule has 1 aliphatic carbocycles. The normalized spacial score (nSPS) is 24.5. The van der Waals surface area contributed by atoms with Crippen LogP contribution in [0.4, 0.5) is 0 Å². The lowest BCUT2D eigenvalue weighted by atomic mass is 9.81. The van der Waals surface area contributed by atoms with Crippen LogP contribution in [0.25, 0.3) is 0 Å². The predicted molar refractivity (Wildman–Crippen MR) is 87.8 cm³/mol. The Labute approximate surface area is 125 Å². The molecule has 0 spiro atoms. The van der Waals surface area contributed by atoms with Gasteiger partial charge in [-0.25, -0.2) is 0 Å². The van der Waals surface area contributed by atoms with Crippen LogP contribution in [0.5, 0.6) is 0 Å². The van der Waals surface area contributed by atoms with Gasteiger partial charge < -0.3 is 5.32 Å². The van der Waals surface area contributed by atoms with E-state index in [1.165, 1.54) is 57.1 Å². The minimum Gasteiger partial charge on any atom is -0.310 e. The molecule has 0 aliphatic heterocycles. The Morgan fingerprint density at radius 1 is 1.10 bits per heavy atom. The lowest BCUT2D eigenvalue weighted by Crippen LogP contribution is -2.25. The first kappa shape index (κ1) is 15.6. The average molecular weight is 273 g/mol. The van der Waals surface area contributed by atoms with E-state index in [1.807, 2.05) is 0 Å². The molecule has 1 nitrogen and oxygen atoms in total. The van der Waals surface area contributed by atoms with Crippen LogP contribution in [0.2, 0.25) is 0 Å². The van der Waals surface area contributed by atoms with E-state index in [2.05, 4.69) is 49.5 Å². The van der Waals surface area contributed by atoms with Gasteiger partial charge in [0.1, 0.15) is 0 Å². The fourth-order valence-electron chi connectivity index (χ4n) is 3.44. The predicted octanol–water partition coefficient (Wildman–Crippen LogP) is 5.33. The maximum absolute atomic E-state index is 3.80. The Morgan fingerprint density at radius 2 is 1.80 bits per heavy atom. The zero-order valence-electron chi connectivity index (χ0n) is 13.3. The zero-order valence-corrected chi connectivity index (χ0v) is 13.3. The SMILES string of the molecule is CCCC(NCCC1CCC(C)CC1)c1ccccc1. The van der Waals surface area contributed by atoms with Crippen LogP contribution in [0.15, 0.2) is 30.3 Å². The summed E-state index contributed by atoms with van der Waals surface area (Å²) in [5, 5.41) is 3.80.